The van der Waals surface area contributed by atoms with Crippen LogP contribution in [0.3, 0.4) is 0 Å². The minimum Gasteiger partial charge on any atom is -0.385 e. The molecule has 2 aromatic rings. The highest BCUT2D eigenvalue weighted by atomic mass is 16.8. The van der Waals surface area contributed by atoms with Crippen LogP contribution in [0.4, 0.5) is 0 Å². The van der Waals surface area contributed by atoms with Crippen LogP contribution in [-0.2, 0) is 31.5 Å². The SMILES string of the molecule is C=CC(C)(C)c1cccc2[nH]c3c(c12)CC1CC[C@@]2(O)C4=CC(=O)[C@@H]5O[C@@]4(CC[C@]2(C)[C@@]31C)OC5(C)C. The smallest absolute Gasteiger partial charge is 0.195 e. The van der Waals surface area contributed by atoms with Crippen molar-refractivity contribution in [3.8, 4) is 0 Å². The zero-order valence-electron chi connectivity index (χ0n) is 23.0. The highest BCUT2D eigenvalue weighted by Crippen LogP contribution is 2.72. The minimum atomic E-state index is -1.19. The van der Waals surface area contributed by atoms with Crippen molar-refractivity contribution in [2.24, 2.45) is 11.3 Å². The monoisotopic (exact) mass is 501 g/mol. The van der Waals surface area contributed by atoms with Gasteiger partial charge in [0, 0.05) is 44.8 Å². The summed E-state index contributed by atoms with van der Waals surface area (Å²) in [7, 11) is 0. The number of aliphatic hydroxyl groups is 1. The molecule has 2 aliphatic heterocycles. The summed E-state index contributed by atoms with van der Waals surface area (Å²) in [5, 5.41) is 14.1. The number of carbonyl (C=O) groups excluding carboxylic acids is 1. The van der Waals surface area contributed by atoms with E-state index in [1.165, 1.54) is 22.2 Å². The lowest BCUT2D eigenvalue weighted by Gasteiger charge is -2.65. The van der Waals surface area contributed by atoms with Crippen molar-refractivity contribution in [3.05, 3.63) is 59.3 Å². The van der Waals surface area contributed by atoms with Crippen LogP contribution in [0.2, 0.25) is 0 Å². The number of hydrogen-bond donors (Lipinski definition) is 2. The fourth-order valence-electron chi connectivity index (χ4n) is 9.15. The van der Waals surface area contributed by atoms with E-state index in [-0.39, 0.29) is 16.6 Å². The number of fused-ring (bicyclic) bond motifs is 9. The third kappa shape index (κ3) is 2.50. The maximum absolute atomic E-state index is 13.2. The Morgan fingerprint density at radius 1 is 1.16 bits per heavy atom. The fraction of sp³-hybridized carbons (Fsp3) is 0.594. The molecule has 7 rings (SSSR count). The van der Waals surface area contributed by atoms with Gasteiger partial charge in [-0.15, -0.1) is 6.58 Å². The molecule has 0 radical (unpaired) electrons. The fourth-order valence-corrected chi connectivity index (χ4v) is 9.15. The van der Waals surface area contributed by atoms with Gasteiger partial charge in [0.15, 0.2) is 17.7 Å². The molecule has 5 aliphatic rings. The molecule has 1 aromatic carbocycles. The van der Waals surface area contributed by atoms with E-state index in [1.54, 1.807) is 6.08 Å². The van der Waals surface area contributed by atoms with Gasteiger partial charge in [-0.1, -0.05) is 45.9 Å². The number of H-pyrrole nitrogens is 1. The second kappa shape index (κ2) is 6.67. The molecular weight excluding hydrogens is 462 g/mol. The van der Waals surface area contributed by atoms with Crippen molar-refractivity contribution in [2.45, 2.75) is 108 Å². The standard InChI is InChI=1S/C32H39NO4/c1-8-27(2,3)20-10-9-11-21-24(20)19-16-18-12-13-31(35)23-17-22(34)26-28(4,5)37-32(23,36-26)15-14-29(31,6)30(18,7)25(19)33-21/h8-11,17-18,26,33,35H,1,12-16H2,2-7H3/t18?,26-,29+,30+,31+,32-/m0/s1. The molecule has 3 fully saturated rings. The van der Waals surface area contributed by atoms with Crippen molar-refractivity contribution in [3.63, 3.8) is 0 Å². The molecule has 37 heavy (non-hydrogen) atoms. The Morgan fingerprint density at radius 3 is 2.65 bits per heavy atom. The summed E-state index contributed by atoms with van der Waals surface area (Å²) in [5.41, 5.74) is 2.90. The summed E-state index contributed by atoms with van der Waals surface area (Å²) in [5.74, 6) is -0.693. The van der Waals surface area contributed by atoms with E-state index in [2.05, 4.69) is 57.5 Å². The molecular formula is C32H39NO4. The van der Waals surface area contributed by atoms with Crippen LogP contribution in [0, 0.1) is 11.3 Å². The van der Waals surface area contributed by atoms with Crippen LogP contribution in [0.25, 0.3) is 10.9 Å². The Hall–Kier alpha value is -2.21. The van der Waals surface area contributed by atoms with Crippen LogP contribution in [0.1, 0.15) is 84.0 Å². The lowest BCUT2D eigenvalue weighted by atomic mass is 9.42. The molecule has 1 spiro atoms. The number of aromatic nitrogens is 1. The maximum Gasteiger partial charge on any atom is 0.195 e. The van der Waals surface area contributed by atoms with Crippen LogP contribution in [0.15, 0.2) is 42.5 Å². The summed E-state index contributed by atoms with van der Waals surface area (Å²) in [6, 6.07) is 6.53. The zero-order chi connectivity index (χ0) is 26.4. The van der Waals surface area contributed by atoms with Crippen molar-refractivity contribution in [1.82, 2.24) is 4.98 Å². The van der Waals surface area contributed by atoms with Gasteiger partial charge in [-0.05, 0) is 68.7 Å². The van der Waals surface area contributed by atoms with Gasteiger partial charge >= 0.3 is 0 Å². The number of benzene rings is 1. The minimum absolute atomic E-state index is 0.0907. The highest BCUT2D eigenvalue weighted by molar-refractivity contribution is 5.97. The predicted molar refractivity (Wildman–Crippen MR) is 143 cm³/mol. The first-order valence-electron chi connectivity index (χ1n) is 13.9. The number of allylic oxidation sites excluding steroid dienone is 1. The molecule has 3 heterocycles. The number of hydrogen-bond acceptors (Lipinski definition) is 4. The molecule has 1 aromatic heterocycles. The van der Waals surface area contributed by atoms with E-state index >= 15 is 0 Å². The number of ether oxygens (including phenoxy) is 2. The van der Waals surface area contributed by atoms with Gasteiger partial charge in [0.25, 0.3) is 0 Å². The highest BCUT2D eigenvalue weighted by Gasteiger charge is 2.75. The van der Waals surface area contributed by atoms with Crippen molar-refractivity contribution >= 4 is 16.7 Å². The second-order valence-electron chi connectivity index (χ2n) is 13.9. The molecule has 5 heteroatoms. The van der Waals surface area contributed by atoms with Crippen molar-refractivity contribution < 1.29 is 19.4 Å². The summed E-state index contributed by atoms with van der Waals surface area (Å²) < 4.78 is 12.9. The lowest BCUT2D eigenvalue weighted by Crippen LogP contribution is -2.69. The number of ketones is 1. The van der Waals surface area contributed by atoms with Gasteiger partial charge in [-0.3, -0.25) is 4.79 Å². The molecule has 5 nitrogen and oxygen atoms in total. The van der Waals surface area contributed by atoms with Gasteiger partial charge < -0.3 is 19.6 Å². The Kier molecular flexibility index (Phi) is 4.31. The number of nitrogens with one attached hydrogen (secondary N) is 1. The Morgan fingerprint density at radius 2 is 1.92 bits per heavy atom. The quantitative estimate of drug-likeness (QED) is 0.511. The molecule has 2 saturated carbocycles. The van der Waals surface area contributed by atoms with E-state index < -0.39 is 28.5 Å². The first-order chi connectivity index (χ1) is 17.2. The predicted octanol–water partition coefficient (Wildman–Crippen LogP) is 5.79. The molecule has 2 N–H and O–H groups in total. The largest absolute Gasteiger partial charge is 0.385 e. The van der Waals surface area contributed by atoms with Gasteiger partial charge in [0.05, 0.1) is 5.60 Å². The van der Waals surface area contributed by atoms with Crippen LogP contribution in [0.5, 0.6) is 0 Å². The second-order valence-corrected chi connectivity index (χ2v) is 13.9. The molecule has 196 valence electrons. The van der Waals surface area contributed by atoms with Crippen molar-refractivity contribution in [2.75, 3.05) is 0 Å². The molecule has 3 aliphatic carbocycles. The normalized spacial score (nSPS) is 41.6. The molecule has 1 unspecified atom stereocenters. The van der Waals surface area contributed by atoms with Crippen LogP contribution < -0.4 is 0 Å². The van der Waals surface area contributed by atoms with E-state index in [0.717, 1.165) is 24.8 Å². The average molecular weight is 502 g/mol. The van der Waals surface area contributed by atoms with E-state index in [4.69, 9.17) is 9.47 Å². The topological polar surface area (TPSA) is 71.5 Å². The first kappa shape index (κ1) is 23.9. The summed E-state index contributed by atoms with van der Waals surface area (Å²) >= 11 is 0. The molecule has 0 amide bonds. The van der Waals surface area contributed by atoms with E-state index in [1.807, 2.05) is 19.9 Å². The molecule has 6 atom stereocenters. The number of rotatable bonds is 2. The average Bonchev–Trinajstić information content (AvgIpc) is 3.43. The third-order valence-corrected chi connectivity index (χ3v) is 11.6. The summed E-state index contributed by atoms with van der Waals surface area (Å²) in [6.07, 6.45) is 6.98. The van der Waals surface area contributed by atoms with Gasteiger partial charge in [0.1, 0.15) is 5.60 Å². The van der Waals surface area contributed by atoms with Gasteiger partial charge in [0.2, 0.25) is 0 Å². The first-order valence-corrected chi connectivity index (χ1v) is 13.9. The van der Waals surface area contributed by atoms with Crippen LogP contribution >= 0.6 is 0 Å². The Bertz CT molecular complexity index is 1430. The van der Waals surface area contributed by atoms with Gasteiger partial charge in [-0.25, -0.2) is 0 Å². The third-order valence-electron chi connectivity index (χ3n) is 11.6. The van der Waals surface area contributed by atoms with Crippen LogP contribution in [-0.4, -0.2) is 39.0 Å². The lowest BCUT2D eigenvalue weighted by molar-refractivity contribution is -0.247. The van der Waals surface area contributed by atoms with E-state index in [0.29, 0.717) is 24.3 Å². The molecule has 2 bridgehead atoms. The van der Waals surface area contributed by atoms with Crippen molar-refractivity contribution in [1.29, 1.82) is 0 Å². The maximum atomic E-state index is 13.2. The zero-order valence-corrected chi connectivity index (χ0v) is 23.0. The van der Waals surface area contributed by atoms with E-state index in [9.17, 15) is 9.90 Å². The number of carbonyl (C=O) groups is 1. The summed E-state index contributed by atoms with van der Waals surface area (Å²) in [4.78, 5) is 17.1. The summed E-state index contributed by atoms with van der Waals surface area (Å²) in [6.45, 7) is 17.0. The van der Waals surface area contributed by atoms with Gasteiger partial charge in [-0.2, -0.15) is 0 Å². The number of aromatic amines is 1. The Labute approximate surface area is 219 Å². The molecule has 1 saturated heterocycles. The Balaban J connectivity index is 1.43.